The van der Waals surface area contributed by atoms with Crippen LogP contribution in [-0.4, -0.2) is 36.5 Å². The lowest BCUT2D eigenvalue weighted by molar-refractivity contribution is -0.274. The number of aliphatic hydroxyl groups is 1. The molecular formula is C33H29F6N3O4S. The number of oxazole rings is 1. The van der Waals surface area contributed by atoms with E-state index in [0.29, 0.717) is 45.0 Å². The highest BCUT2D eigenvalue weighted by Crippen LogP contribution is 2.41. The smallest absolute Gasteiger partial charge is 0.440 e. The Morgan fingerprint density at radius 2 is 1.57 bits per heavy atom. The van der Waals surface area contributed by atoms with Crippen LogP contribution < -0.4 is 4.74 Å². The van der Waals surface area contributed by atoms with E-state index in [1.54, 1.807) is 36.4 Å². The van der Waals surface area contributed by atoms with Crippen molar-refractivity contribution in [1.82, 2.24) is 14.5 Å². The number of rotatable bonds is 9. The summed E-state index contributed by atoms with van der Waals surface area (Å²) in [5, 5.41) is 9.74. The van der Waals surface area contributed by atoms with Gasteiger partial charge in [-0.05, 0) is 72.0 Å². The van der Waals surface area contributed by atoms with Crippen LogP contribution in [0.25, 0.3) is 39.4 Å². The molecule has 47 heavy (non-hydrogen) atoms. The first-order valence-electron chi connectivity index (χ1n) is 14.3. The van der Waals surface area contributed by atoms with Gasteiger partial charge < -0.3 is 18.8 Å². The molecule has 0 saturated carbocycles. The molecule has 0 spiro atoms. The first kappa shape index (κ1) is 33.9. The number of hydrogen-bond donors (Lipinski definition) is 1. The molecule has 0 fully saturated rings. The summed E-state index contributed by atoms with van der Waals surface area (Å²) in [6, 6.07) is 15.0. The minimum absolute atomic E-state index is 0.0448. The predicted octanol–water partition coefficient (Wildman–Crippen LogP) is 8.52. The molecule has 7 nitrogen and oxygen atoms in total. The van der Waals surface area contributed by atoms with E-state index in [1.807, 2.05) is 13.8 Å². The summed E-state index contributed by atoms with van der Waals surface area (Å²) in [7, 11) is -1.44. The van der Waals surface area contributed by atoms with E-state index in [2.05, 4.69) is 9.72 Å². The fraction of sp³-hybridized carbons (Fsp3) is 0.273. The van der Waals surface area contributed by atoms with E-state index in [4.69, 9.17) is 9.40 Å². The van der Waals surface area contributed by atoms with E-state index in [0.717, 1.165) is 18.3 Å². The molecule has 0 bridgehead atoms. The highest BCUT2D eigenvalue weighted by atomic mass is 32.2. The molecule has 1 N–H and O–H groups in total. The van der Waals surface area contributed by atoms with Crippen LogP contribution in [0.1, 0.15) is 36.8 Å². The summed E-state index contributed by atoms with van der Waals surface area (Å²) in [6.45, 7) is 4.99. The number of imidazole rings is 1. The Balaban J connectivity index is 1.76. The third-order valence-corrected chi connectivity index (χ3v) is 8.17. The molecular weight excluding hydrogens is 648 g/mol. The molecule has 248 valence electrons. The summed E-state index contributed by atoms with van der Waals surface area (Å²) in [5.41, 5.74) is 1.78. The first-order valence-corrected chi connectivity index (χ1v) is 15.8. The Kier molecular flexibility index (Phi) is 9.38. The number of benzene rings is 3. The molecule has 0 saturated heterocycles. The van der Waals surface area contributed by atoms with Crippen molar-refractivity contribution in [3.8, 4) is 45.1 Å². The molecule has 3 aromatic carbocycles. The summed E-state index contributed by atoms with van der Waals surface area (Å²) in [4.78, 5) is 8.88. The van der Waals surface area contributed by atoms with Crippen LogP contribution in [-0.2, 0) is 30.0 Å². The van der Waals surface area contributed by atoms with Gasteiger partial charge in [-0.25, -0.2) is 9.97 Å². The van der Waals surface area contributed by atoms with Gasteiger partial charge in [-0.3, -0.25) is 4.21 Å². The maximum atomic E-state index is 13.7. The lowest BCUT2D eigenvalue weighted by Crippen LogP contribution is -2.16. The van der Waals surface area contributed by atoms with Crippen molar-refractivity contribution in [1.29, 1.82) is 0 Å². The van der Waals surface area contributed by atoms with Gasteiger partial charge in [0.15, 0.2) is 17.3 Å². The number of aliphatic hydroxyl groups excluding tert-OH is 1. The molecule has 0 aliphatic heterocycles. The van der Waals surface area contributed by atoms with Crippen molar-refractivity contribution in [3.63, 3.8) is 0 Å². The Labute approximate surface area is 268 Å². The second-order valence-electron chi connectivity index (χ2n) is 11.2. The summed E-state index contributed by atoms with van der Waals surface area (Å²) < 4.78 is 103. The third kappa shape index (κ3) is 7.60. The molecule has 2 heterocycles. The highest BCUT2D eigenvalue weighted by Gasteiger charge is 2.35. The molecule has 0 aliphatic carbocycles. The van der Waals surface area contributed by atoms with Gasteiger partial charge in [0.05, 0.1) is 23.1 Å². The minimum Gasteiger partial charge on any atom is -0.440 e. The first-order chi connectivity index (χ1) is 22.0. The lowest BCUT2D eigenvalue weighted by atomic mass is 9.97. The zero-order valence-corrected chi connectivity index (χ0v) is 26.3. The maximum absolute atomic E-state index is 13.7. The normalized spacial score (nSPS) is 12.9. The Hall–Kier alpha value is -4.43. The largest absolute Gasteiger partial charge is 0.573 e. The van der Waals surface area contributed by atoms with Crippen LogP contribution >= 0.6 is 0 Å². The third-order valence-electron chi connectivity index (χ3n) is 7.17. The zero-order valence-electron chi connectivity index (χ0n) is 25.5. The van der Waals surface area contributed by atoms with Gasteiger partial charge in [-0.1, -0.05) is 32.0 Å². The molecule has 0 radical (unpaired) electrons. The van der Waals surface area contributed by atoms with E-state index in [9.17, 15) is 35.7 Å². The Morgan fingerprint density at radius 1 is 0.936 bits per heavy atom. The van der Waals surface area contributed by atoms with Crippen molar-refractivity contribution < 1.29 is 44.8 Å². The van der Waals surface area contributed by atoms with Gasteiger partial charge in [0.25, 0.3) is 0 Å². The summed E-state index contributed by atoms with van der Waals surface area (Å²) in [5.74, 6) is 0.190. The van der Waals surface area contributed by atoms with Crippen molar-refractivity contribution in [3.05, 3.63) is 89.8 Å². The summed E-state index contributed by atoms with van der Waals surface area (Å²) in [6.07, 6.45) is -6.85. The molecule has 14 heteroatoms. The van der Waals surface area contributed by atoms with Crippen LogP contribution in [0.5, 0.6) is 5.75 Å². The van der Waals surface area contributed by atoms with E-state index in [-0.39, 0.29) is 35.5 Å². The van der Waals surface area contributed by atoms with E-state index >= 15 is 0 Å². The fourth-order valence-corrected chi connectivity index (χ4v) is 5.88. The topological polar surface area (TPSA) is 90.4 Å². The molecule has 2 aromatic heterocycles. The number of aryl methyl sites for hydroxylation is 1. The van der Waals surface area contributed by atoms with Crippen LogP contribution in [0.2, 0.25) is 0 Å². The minimum atomic E-state index is -4.89. The molecule has 1 atom stereocenters. The number of nitrogens with zero attached hydrogens (tertiary/aromatic N) is 3. The van der Waals surface area contributed by atoms with Crippen molar-refractivity contribution in [2.75, 3.05) is 6.26 Å². The van der Waals surface area contributed by atoms with Gasteiger partial charge in [-0.15, -0.1) is 13.2 Å². The average molecular weight is 678 g/mol. The monoisotopic (exact) mass is 677 g/mol. The summed E-state index contributed by atoms with van der Waals surface area (Å²) >= 11 is 0. The molecule has 5 aromatic rings. The number of halogens is 6. The van der Waals surface area contributed by atoms with E-state index in [1.165, 1.54) is 29.9 Å². The van der Waals surface area contributed by atoms with Gasteiger partial charge in [0, 0.05) is 34.9 Å². The zero-order chi connectivity index (χ0) is 34.3. The fourth-order valence-electron chi connectivity index (χ4n) is 5.09. The van der Waals surface area contributed by atoms with Gasteiger partial charge >= 0.3 is 12.5 Å². The average Bonchev–Trinajstić information content (AvgIpc) is 3.59. The molecule has 0 amide bonds. The Morgan fingerprint density at radius 3 is 2.15 bits per heavy atom. The van der Waals surface area contributed by atoms with Crippen LogP contribution in [0.15, 0.2) is 76.2 Å². The Bertz CT molecular complexity index is 1930. The van der Waals surface area contributed by atoms with Crippen LogP contribution in [0, 0.1) is 12.8 Å². The predicted molar refractivity (Wildman–Crippen MR) is 163 cm³/mol. The van der Waals surface area contributed by atoms with Gasteiger partial charge in [0.1, 0.15) is 17.3 Å². The maximum Gasteiger partial charge on any atom is 0.573 e. The van der Waals surface area contributed by atoms with E-state index < -0.39 is 34.8 Å². The second-order valence-corrected chi connectivity index (χ2v) is 12.5. The van der Waals surface area contributed by atoms with Crippen molar-refractivity contribution in [2.45, 2.75) is 51.2 Å². The number of aromatic nitrogens is 3. The number of hydrogen-bond acceptors (Lipinski definition) is 6. The second kappa shape index (κ2) is 13.0. The highest BCUT2D eigenvalue weighted by molar-refractivity contribution is 7.84. The van der Waals surface area contributed by atoms with Gasteiger partial charge in [0.2, 0.25) is 0 Å². The quantitative estimate of drug-likeness (QED) is 0.157. The molecule has 1 unspecified atom stereocenters. The van der Waals surface area contributed by atoms with Crippen molar-refractivity contribution >= 4 is 10.8 Å². The number of ether oxygens (including phenoxy) is 1. The number of alkyl halides is 6. The lowest BCUT2D eigenvalue weighted by Gasteiger charge is -2.15. The van der Waals surface area contributed by atoms with Crippen LogP contribution in [0.4, 0.5) is 26.3 Å². The van der Waals surface area contributed by atoms with Gasteiger partial charge in [-0.2, -0.15) is 13.2 Å². The van der Waals surface area contributed by atoms with Crippen LogP contribution in [0.3, 0.4) is 0 Å². The standard InChI is InChI=1S/C33H29F6N3O4S/c1-18(2)13-29-41-30(31(45-29)20-7-10-24(11-8-20)46-33(37,38)39)25-14-21(22-5-6-23(17-43)27(15-22)47(4)44)9-12-26(25)42-16-28(32(34,35)36)40-19(42)3/h5-12,14-16,18,43H,13,17H2,1-4H3. The molecule has 5 rings (SSSR count). The molecule has 0 aliphatic rings. The SMILES string of the molecule is Cc1nc(C(F)(F)F)cn1-c1ccc(-c2ccc(CO)c(S(C)=O)c2)cc1-c1nc(CC(C)C)oc1-c1ccc(OC(F)(F)F)cc1. The van der Waals surface area contributed by atoms with Crippen molar-refractivity contribution in [2.24, 2.45) is 5.92 Å².